The van der Waals surface area contributed by atoms with Gasteiger partial charge in [0.15, 0.2) is 0 Å². The Balaban J connectivity index is 2.41. The van der Waals surface area contributed by atoms with Crippen molar-refractivity contribution in [1.29, 1.82) is 0 Å². The van der Waals surface area contributed by atoms with E-state index >= 15 is 0 Å². The van der Waals surface area contributed by atoms with Crippen molar-refractivity contribution in [2.24, 2.45) is 0 Å². The normalized spacial score (nSPS) is 22.6. The fraction of sp³-hybridized carbons (Fsp3) is 0.571. The van der Waals surface area contributed by atoms with Crippen LogP contribution in [0.3, 0.4) is 0 Å². The van der Waals surface area contributed by atoms with Crippen molar-refractivity contribution in [3.05, 3.63) is 17.8 Å². The van der Waals surface area contributed by atoms with Gasteiger partial charge in [0.05, 0.1) is 37.7 Å². The minimum Gasteiger partial charge on any atom is -0.465 e. The van der Waals surface area contributed by atoms with E-state index in [2.05, 4.69) is 16.8 Å². The predicted molar refractivity (Wildman–Crippen MR) is 76.8 cm³/mol. The average Bonchev–Trinajstić information content (AvgIpc) is 2.46. The topological polar surface area (TPSA) is 77.7 Å². The molecular formula is C14H21N3O3. The number of morpholine rings is 1. The van der Waals surface area contributed by atoms with Crippen LogP contribution in [0.25, 0.3) is 0 Å². The summed E-state index contributed by atoms with van der Waals surface area (Å²) in [5.74, 6) is 0.196. The van der Waals surface area contributed by atoms with Crippen LogP contribution >= 0.6 is 0 Å². The number of hydrogen-bond donors (Lipinski definition) is 1. The molecular weight excluding hydrogens is 258 g/mol. The van der Waals surface area contributed by atoms with Gasteiger partial charge in [-0.05, 0) is 19.4 Å². The summed E-state index contributed by atoms with van der Waals surface area (Å²) in [6.07, 6.45) is 2.58. The van der Waals surface area contributed by atoms with Crippen molar-refractivity contribution in [3.8, 4) is 0 Å². The highest BCUT2D eigenvalue weighted by molar-refractivity contribution is 5.95. The van der Waals surface area contributed by atoms with Crippen LogP contribution in [0.15, 0.2) is 12.3 Å². The van der Waals surface area contributed by atoms with E-state index in [1.807, 2.05) is 6.92 Å². The van der Waals surface area contributed by atoms with Gasteiger partial charge in [-0.3, -0.25) is 0 Å². The molecule has 0 bridgehead atoms. The molecule has 0 aliphatic carbocycles. The molecule has 2 heterocycles. The molecule has 0 radical (unpaired) electrons. The molecule has 2 unspecified atom stereocenters. The van der Waals surface area contributed by atoms with Gasteiger partial charge in [-0.15, -0.1) is 0 Å². The molecule has 0 aromatic carbocycles. The molecule has 2 N–H and O–H groups in total. The van der Waals surface area contributed by atoms with Gasteiger partial charge in [0.2, 0.25) is 0 Å². The molecule has 110 valence electrons. The lowest BCUT2D eigenvalue weighted by Crippen LogP contribution is -2.49. The lowest BCUT2D eigenvalue weighted by atomic mass is 10.1. The maximum Gasteiger partial charge on any atom is 0.341 e. The Labute approximate surface area is 118 Å². The lowest BCUT2D eigenvalue weighted by Gasteiger charge is -2.39. The van der Waals surface area contributed by atoms with E-state index in [0.717, 1.165) is 6.42 Å². The Morgan fingerprint density at radius 3 is 3.05 bits per heavy atom. The number of ether oxygens (including phenoxy) is 2. The second-order valence-electron chi connectivity index (χ2n) is 4.99. The number of methoxy groups -OCH3 is 1. The number of pyridine rings is 1. The molecule has 6 heteroatoms. The Morgan fingerprint density at radius 2 is 2.40 bits per heavy atom. The molecule has 20 heavy (non-hydrogen) atoms. The number of carbonyl (C=O) groups excluding carboxylic acids is 1. The standard InChI is InChI=1S/C14H21N3O3/c1-4-11-8-20-9(2)7-17(11)13-12(14(18)19-3)5-10(15)6-16-13/h5-6,9,11H,4,7-8,15H2,1-3H3. The Bertz CT molecular complexity index is 493. The number of rotatable bonds is 3. The van der Waals surface area contributed by atoms with E-state index < -0.39 is 5.97 Å². The van der Waals surface area contributed by atoms with Gasteiger partial charge in [0.25, 0.3) is 0 Å². The van der Waals surface area contributed by atoms with Crippen LogP contribution < -0.4 is 10.6 Å². The first kappa shape index (κ1) is 14.6. The van der Waals surface area contributed by atoms with Crippen LogP contribution in [0.4, 0.5) is 11.5 Å². The van der Waals surface area contributed by atoms with Crippen LogP contribution in [-0.2, 0) is 9.47 Å². The maximum atomic E-state index is 11.9. The average molecular weight is 279 g/mol. The first-order valence-electron chi connectivity index (χ1n) is 6.78. The van der Waals surface area contributed by atoms with E-state index in [0.29, 0.717) is 30.2 Å². The molecule has 2 rings (SSSR count). The number of esters is 1. The molecule has 1 aromatic rings. The zero-order chi connectivity index (χ0) is 14.7. The second kappa shape index (κ2) is 6.09. The fourth-order valence-corrected chi connectivity index (χ4v) is 2.40. The van der Waals surface area contributed by atoms with Crippen LogP contribution in [0.5, 0.6) is 0 Å². The minimum absolute atomic E-state index is 0.0997. The second-order valence-corrected chi connectivity index (χ2v) is 4.99. The Hall–Kier alpha value is -1.82. The van der Waals surface area contributed by atoms with Gasteiger partial charge in [-0.25, -0.2) is 9.78 Å². The smallest absolute Gasteiger partial charge is 0.341 e. The van der Waals surface area contributed by atoms with Crippen LogP contribution in [0.2, 0.25) is 0 Å². The van der Waals surface area contributed by atoms with Crippen molar-refractivity contribution < 1.29 is 14.3 Å². The van der Waals surface area contributed by atoms with E-state index in [1.165, 1.54) is 7.11 Å². The lowest BCUT2D eigenvalue weighted by molar-refractivity contribution is 0.0293. The van der Waals surface area contributed by atoms with E-state index in [4.69, 9.17) is 15.2 Å². The highest BCUT2D eigenvalue weighted by Gasteiger charge is 2.30. The first-order chi connectivity index (χ1) is 9.56. The van der Waals surface area contributed by atoms with Gasteiger partial charge in [-0.1, -0.05) is 6.92 Å². The zero-order valence-electron chi connectivity index (χ0n) is 12.1. The molecule has 0 saturated carbocycles. The highest BCUT2D eigenvalue weighted by atomic mass is 16.5. The van der Waals surface area contributed by atoms with Crippen molar-refractivity contribution in [2.75, 3.05) is 30.9 Å². The molecule has 1 aromatic heterocycles. The molecule has 6 nitrogen and oxygen atoms in total. The van der Waals surface area contributed by atoms with E-state index in [1.54, 1.807) is 12.3 Å². The van der Waals surface area contributed by atoms with E-state index in [9.17, 15) is 4.79 Å². The molecule has 1 aliphatic rings. The monoisotopic (exact) mass is 279 g/mol. The summed E-state index contributed by atoms with van der Waals surface area (Å²) < 4.78 is 10.5. The van der Waals surface area contributed by atoms with Gasteiger partial charge in [0.1, 0.15) is 11.4 Å². The van der Waals surface area contributed by atoms with Gasteiger partial charge in [-0.2, -0.15) is 0 Å². The summed E-state index contributed by atoms with van der Waals surface area (Å²) in [5, 5.41) is 0. The van der Waals surface area contributed by atoms with Crippen molar-refractivity contribution >= 4 is 17.5 Å². The summed E-state index contributed by atoms with van der Waals surface area (Å²) in [4.78, 5) is 18.4. The van der Waals surface area contributed by atoms with Gasteiger partial charge in [0, 0.05) is 6.54 Å². The highest BCUT2D eigenvalue weighted by Crippen LogP contribution is 2.26. The third-order valence-corrected chi connectivity index (χ3v) is 3.50. The first-order valence-corrected chi connectivity index (χ1v) is 6.78. The largest absolute Gasteiger partial charge is 0.465 e. The Kier molecular flexibility index (Phi) is 4.44. The number of nitrogens with zero attached hydrogens (tertiary/aromatic N) is 2. The molecule has 1 fully saturated rings. The summed E-state index contributed by atoms with van der Waals surface area (Å²) in [7, 11) is 1.36. The van der Waals surface area contributed by atoms with Crippen molar-refractivity contribution in [2.45, 2.75) is 32.4 Å². The quantitative estimate of drug-likeness (QED) is 0.844. The molecule has 1 aliphatic heterocycles. The summed E-state index contributed by atoms with van der Waals surface area (Å²) in [6.45, 7) is 5.42. The summed E-state index contributed by atoms with van der Waals surface area (Å²) in [5.41, 5.74) is 6.58. The minimum atomic E-state index is -0.422. The third kappa shape index (κ3) is 2.85. The van der Waals surface area contributed by atoms with E-state index in [-0.39, 0.29) is 12.1 Å². The fourth-order valence-electron chi connectivity index (χ4n) is 2.40. The maximum absolute atomic E-state index is 11.9. The van der Waals surface area contributed by atoms with Gasteiger partial charge < -0.3 is 20.1 Å². The molecule has 0 spiro atoms. The number of nitrogens with two attached hydrogens (primary N) is 1. The van der Waals surface area contributed by atoms with Crippen molar-refractivity contribution in [3.63, 3.8) is 0 Å². The number of anilines is 2. The zero-order valence-corrected chi connectivity index (χ0v) is 12.1. The van der Waals surface area contributed by atoms with Gasteiger partial charge >= 0.3 is 5.97 Å². The number of hydrogen-bond acceptors (Lipinski definition) is 6. The Morgan fingerprint density at radius 1 is 1.65 bits per heavy atom. The SMILES string of the molecule is CCC1COC(C)CN1c1ncc(N)cc1C(=O)OC. The van der Waals surface area contributed by atoms with Crippen molar-refractivity contribution in [1.82, 2.24) is 4.98 Å². The molecule has 0 amide bonds. The molecule has 2 atom stereocenters. The molecule has 1 saturated heterocycles. The summed E-state index contributed by atoms with van der Waals surface area (Å²) in [6, 6.07) is 1.81. The van der Waals surface area contributed by atoms with Crippen LogP contribution in [-0.4, -0.2) is 43.4 Å². The number of nitrogen functional groups attached to an aromatic ring is 1. The predicted octanol–water partition coefficient (Wildman–Crippen LogP) is 1.45. The number of carbonyl (C=O) groups is 1. The van der Waals surface area contributed by atoms with Crippen LogP contribution in [0, 0.1) is 0 Å². The van der Waals surface area contributed by atoms with Crippen LogP contribution in [0.1, 0.15) is 30.6 Å². The number of aromatic nitrogens is 1. The summed E-state index contributed by atoms with van der Waals surface area (Å²) >= 11 is 0. The third-order valence-electron chi connectivity index (χ3n) is 3.50.